The summed E-state index contributed by atoms with van der Waals surface area (Å²) in [6, 6.07) is -0.495. The van der Waals surface area contributed by atoms with Crippen LogP contribution in [0, 0.1) is 16.7 Å². The van der Waals surface area contributed by atoms with E-state index in [0.29, 0.717) is 5.92 Å². The molecular formula is C16H22N2O3. The molecule has 5 rings (SSSR count). The highest BCUT2D eigenvalue weighted by atomic mass is 16.2. The Kier molecular flexibility index (Phi) is 2.33. The summed E-state index contributed by atoms with van der Waals surface area (Å²) >= 11 is 0. The van der Waals surface area contributed by atoms with Crippen molar-refractivity contribution in [3.05, 3.63) is 0 Å². The lowest BCUT2D eigenvalue weighted by Gasteiger charge is -2.67. The normalized spacial score (nSPS) is 48.8. The number of hydrogen-bond acceptors (Lipinski definition) is 3. The van der Waals surface area contributed by atoms with Gasteiger partial charge in [0.1, 0.15) is 6.42 Å². The van der Waals surface area contributed by atoms with Gasteiger partial charge in [-0.2, -0.15) is 0 Å². The highest BCUT2D eigenvalue weighted by Crippen LogP contribution is 2.67. The van der Waals surface area contributed by atoms with E-state index in [1.54, 1.807) is 0 Å². The van der Waals surface area contributed by atoms with Crippen molar-refractivity contribution in [1.82, 2.24) is 10.2 Å². The number of urea groups is 1. The number of imide groups is 2. The van der Waals surface area contributed by atoms with E-state index in [0.717, 1.165) is 19.3 Å². The van der Waals surface area contributed by atoms with E-state index in [4.69, 9.17) is 0 Å². The standard InChI is InChI=1S/C16H22N2O3/c1-14-4-10-5-15(2,7-14)9-16(6-10,8-14)18-12(20)3-11(19)17-13(18)21/h10H,3-9H2,1-2H3,(H,17,19,21). The van der Waals surface area contributed by atoms with Gasteiger partial charge in [0.2, 0.25) is 11.8 Å². The maximum Gasteiger partial charge on any atom is 0.331 e. The molecule has 1 N–H and O–H groups in total. The fourth-order valence-electron chi connectivity index (χ4n) is 6.67. The second-order valence-electron chi connectivity index (χ2n) is 8.61. The molecule has 0 spiro atoms. The molecule has 4 amide bonds. The van der Waals surface area contributed by atoms with Crippen LogP contribution in [0.15, 0.2) is 0 Å². The highest BCUT2D eigenvalue weighted by Gasteiger charge is 2.64. The molecular weight excluding hydrogens is 268 g/mol. The van der Waals surface area contributed by atoms with Gasteiger partial charge < -0.3 is 0 Å². The van der Waals surface area contributed by atoms with Gasteiger partial charge >= 0.3 is 6.03 Å². The minimum Gasteiger partial charge on any atom is -0.277 e. The monoisotopic (exact) mass is 290 g/mol. The first-order valence-corrected chi connectivity index (χ1v) is 7.90. The van der Waals surface area contributed by atoms with E-state index in [1.165, 1.54) is 24.2 Å². The van der Waals surface area contributed by atoms with Crippen molar-refractivity contribution in [1.29, 1.82) is 0 Å². The Labute approximate surface area is 124 Å². The molecule has 0 aromatic heterocycles. The number of nitrogens with one attached hydrogen (secondary N) is 1. The Morgan fingerprint density at radius 1 is 1.00 bits per heavy atom. The molecule has 4 bridgehead atoms. The van der Waals surface area contributed by atoms with E-state index in [-0.39, 0.29) is 28.7 Å². The van der Waals surface area contributed by atoms with Crippen LogP contribution in [-0.4, -0.2) is 28.3 Å². The van der Waals surface area contributed by atoms with Crippen LogP contribution in [0.3, 0.4) is 0 Å². The molecule has 5 heteroatoms. The van der Waals surface area contributed by atoms with Gasteiger partial charge in [-0.25, -0.2) is 4.79 Å². The van der Waals surface area contributed by atoms with E-state index in [9.17, 15) is 14.4 Å². The number of barbiturate groups is 1. The summed E-state index contributed by atoms with van der Waals surface area (Å²) in [4.78, 5) is 37.5. The SMILES string of the molecule is CC12CC3CC(C)(C1)CC(N1C(=O)CC(=O)NC1=O)(C3)C2. The van der Waals surface area contributed by atoms with Crippen molar-refractivity contribution in [2.75, 3.05) is 0 Å². The van der Waals surface area contributed by atoms with E-state index < -0.39 is 11.9 Å². The zero-order chi connectivity index (χ0) is 15.0. The van der Waals surface area contributed by atoms with Gasteiger partial charge in [-0.1, -0.05) is 13.8 Å². The average molecular weight is 290 g/mol. The van der Waals surface area contributed by atoms with Crippen LogP contribution in [0.5, 0.6) is 0 Å². The molecule has 4 saturated carbocycles. The zero-order valence-corrected chi connectivity index (χ0v) is 12.7. The van der Waals surface area contributed by atoms with Gasteiger partial charge in [0.05, 0.1) is 5.54 Å². The van der Waals surface area contributed by atoms with Crippen molar-refractivity contribution in [3.63, 3.8) is 0 Å². The maximum absolute atomic E-state index is 12.4. The molecule has 0 aromatic rings. The summed E-state index contributed by atoms with van der Waals surface area (Å²) in [5.41, 5.74) is 0.108. The van der Waals surface area contributed by atoms with Crippen LogP contribution >= 0.6 is 0 Å². The summed E-state index contributed by atoms with van der Waals surface area (Å²) in [5.74, 6) is -0.171. The van der Waals surface area contributed by atoms with Crippen molar-refractivity contribution in [3.8, 4) is 0 Å². The van der Waals surface area contributed by atoms with Crippen LogP contribution < -0.4 is 5.32 Å². The Bertz CT molecular complexity index is 532. The number of amides is 4. The van der Waals surface area contributed by atoms with Gasteiger partial charge in [0, 0.05) is 0 Å². The second kappa shape index (κ2) is 3.68. The lowest BCUT2D eigenvalue weighted by atomic mass is 9.42. The largest absolute Gasteiger partial charge is 0.331 e. The second-order valence-corrected chi connectivity index (χ2v) is 8.61. The van der Waals surface area contributed by atoms with Crippen molar-refractivity contribution < 1.29 is 14.4 Å². The molecule has 5 nitrogen and oxygen atoms in total. The van der Waals surface area contributed by atoms with Gasteiger partial charge in [0.25, 0.3) is 0 Å². The number of carbonyl (C=O) groups excluding carboxylic acids is 3. The molecule has 4 aliphatic carbocycles. The maximum atomic E-state index is 12.4. The summed E-state index contributed by atoms with van der Waals surface area (Å²) in [7, 11) is 0. The molecule has 1 heterocycles. The third-order valence-corrected chi connectivity index (χ3v) is 6.08. The Morgan fingerprint density at radius 3 is 2.14 bits per heavy atom. The van der Waals surface area contributed by atoms with Gasteiger partial charge in [0.15, 0.2) is 0 Å². The molecule has 21 heavy (non-hydrogen) atoms. The first kappa shape index (κ1) is 13.3. The minimum absolute atomic E-state index is 0.189. The average Bonchev–Trinajstić information content (AvgIpc) is 2.20. The lowest BCUT2D eigenvalue weighted by Crippen LogP contribution is -2.70. The fraction of sp³-hybridized carbons (Fsp3) is 0.812. The van der Waals surface area contributed by atoms with Crippen LogP contribution in [0.4, 0.5) is 4.79 Å². The fourth-order valence-corrected chi connectivity index (χ4v) is 6.67. The summed E-state index contributed by atoms with van der Waals surface area (Å²) in [5, 5.41) is 2.34. The number of carbonyl (C=O) groups is 3. The summed E-state index contributed by atoms with van der Waals surface area (Å²) in [6.07, 6.45) is 6.16. The van der Waals surface area contributed by atoms with Crippen LogP contribution in [0.2, 0.25) is 0 Å². The predicted molar refractivity (Wildman–Crippen MR) is 75.1 cm³/mol. The van der Waals surface area contributed by atoms with E-state index in [2.05, 4.69) is 19.2 Å². The Morgan fingerprint density at radius 2 is 1.62 bits per heavy atom. The third kappa shape index (κ3) is 1.79. The molecule has 5 fully saturated rings. The van der Waals surface area contributed by atoms with Crippen molar-refractivity contribution >= 4 is 17.8 Å². The van der Waals surface area contributed by atoms with Gasteiger partial charge in [-0.15, -0.1) is 0 Å². The van der Waals surface area contributed by atoms with Gasteiger partial charge in [-0.05, 0) is 55.3 Å². The molecule has 1 saturated heterocycles. The molecule has 2 atom stereocenters. The van der Waals surface area contributed by atoms with Crippen molar-refractivity contribution in [2.45, 2.75) is 64.3 Å². The first-order chi connectivity index (χ1) is 9.73. The third-order valence-electron chi connectivity index (χ3n) is 6.08. The lowest BCUT2D eigenvalue weighted by molar-refractivity contribution is -0.168. The van der Waals surface area contributed by atoms with Crippen LogP contribution in [0.25, 0.3) is 0 Å². The number of nitrogens with zero attached hydrogens (tertiary/aromatic N) is 1. The van der Waals surface area contributed by atoms with Gasteiger partial charge in [-0.3, -0.25) is 19.8 Å². The Hall–Kier alpha value is -1.39. The number of rotatable bonds is 1. The molecule has 0 aromatic carbocycles. The van der Waals surface area contributed by atoms with Crippen molar-refractivity contribution in [2.24, 2.45) is 16.7 Å². The predicted octanol–water partition coefficient (Wildman–Crippen LogP) is 2.20. The van der Waals surface area contributed by atoms with E-state index in [1.807, 2.05) is 0 Å². The summed E-state index contributed by atoms with van der Waals surface area (Å²) in [6.45, 7) is 4.62. The smallest absolute Gasteiger partial charge is 0.277 e. The summed E-state index contributed by atoms with van der Waals surface area (Å²) < 4.78 is 0. The zero-order valence-electron chi connectivity index (χ0n) is 12.7. The molecule has 2 unspecified atom stereocenters. The topological polar surface area (TPSA) is 66.5 Å². The first-order valence-electron chi connectivity index (χ1n) is 7.90. The van der Waals surface area contributed by atoms with Crippen LogP contribution in [0.1, 0.15) is 58.8 Å². The van der Waals surface area contributed by atoms with E-state index >= 15 is 0 Å². The quantitative estimate of drug-likeness (QED) is 0.753. The molecule has 1 aliphatic heterocycles. The molecule has 5 aliphatic rings. The number of hydrogen-bond donors (Lipinski definition) is 1. The van der Waals surface area contributed by atoms with Crippen LogP contribution in [-0.2, 0) is 9.59 Å². The minimum atomic E-state index is -0.495. The molecule has 114 valence electrons. The molecule has 0 radical (unpaired) electrons. The Balaban J connectivity index is 1.75. The highest BCUT2D eigenvalue weighted by molar-refractivity contribution is 6.14.